The number of aromatic nitrogens is 2. The van der Waals surface area contributed by atoms with E-state index in [9.17, 15) is 8.42 Å². The molecule has 1 heterocycles. The molecule has 1 rings (SSSR count). The van der Waals surface area contributed by atoms with Gasteiger partial charge in [-0.1, -0.05) is 5.92 Å². The minimum Gasteiger partial charge on any atom is -0.478 e. The molecule has 1 aromatic rings. The van der Waals surface area contributed by atoms with Gasteiger partial charge in [-0.2, -0.15) is 0 Å². The Kier molecular flexibility index (Phi) is 3.04. The van der Waals surface area contributed by atoms with E-state index in [-0.39, 0.29) is 11.8 Å². The summed E-state index contributed by atoms with van der Waals surface area (Å²) < 4.78 is 26.9. The molecule has 0 aliphatic rings. The van der Waals surface area contributed by atoms with Crippen molar-refractivity contribution >= 4 is 9.84 Å². The molecule has 5 nitrogen and oxygen atoms in total. The molecule has 0 saturated heterocycles. The van der Waals surface area contributed by atoms with Crippen molar-refractivity contribution in [1.82, 2.24) is 9.97 Å². The molecular weight excluding hydrogens is 204 g/mol. The zero-order chi connectivity index (χ0) is 10.6. The molecule has 1 aromatic heterocycles. The second-order valence-corrected chi connectivity index (χ2v) is 4.38. The standard InChI is InChI=1S/C8H8N2O3S/c1-3-4-13-7-5-9-8(10-6-7)14(2,11)12/h1,5-6H,4H2,2H3. The van der Waals surface area contributed by atoms with Gasteiger partial charge >= 0.3 is 0 Å². The highest BCUT2D eigenvalue weighted by Gasteiger charge is 2.09. The predicted octanol–water partition coefficient (Wildman–Crippen LogP) is -0.108. The first-order chi connectivity index (χ1) is 6.54. The Morgan fingerprint density at radius 2 is 2.07 bits per heavy atom. The third kappa shape index (κ3) is 2.71. The van der Waals surface area contributed by atoms with Crippen molar-refractivity contribution in [2.75, 3.05) is 12.9 Å². The molecule has 0 N–H and O–H groups in total. The molecule has 0 aromatic carbocycles. The molecule has 0 radical (unpaired) electrons. The van der Waals surface area contributed by atoms with Crippen LogP contribution >= 0.6 is 0 Å². The largest absolute Gasteiger partial charge is 0.478 e. The lowest BCUT2D eigenvalue weighted by molar-refractivity contribution is 0.365. The van der Waals surface area contributed by atoms with Crippen molar-refractivity contribution in [3.63, 3.8) is 0 Å². The average Bonchev–Trinajstić information content (AvgIpc) is 2.14. The second kappa shape index (κ2) is 4.07. The maximum atomic E-state index is 11.0. The summed E-state index contributed by atoms with van der Waals surface area (Å²) in [7, 11) is -3.36. The van der Waals surface area contributed by atoms with Crippen LogP contribution in [0.15, 0.2) is 17.6 Å². The molecule has 0 saturated carbocycles. The van der Waals surface area contributed by atoms with E-state index in [1.54, 1.807) is 0 Å². The van der Waals surface area contributed by atoms with E-state index in [1.807, 2.05) is 0 Å². The van der Waals surface area contributed by atoms with Gasteiger partial charge in [0, 0.05) is 6.26 Å². The summed E-state index contributed by atoms with van der Waals surface area (Å²) in [6.07, 6.45) is 8.53. The molecule has 0 unspecified atom stereocenters. The normalized spacial score (nSPS) is 10.6. The Morgan fingerprint density at radius 3 is 2.50 bits per heavy atom. The number of hydrogen-bond donors (Lipinski definition) is 0. The Hall–Kier alpha value is -1.61. The quantitative estimate of drug-likeness (QED) is 0.516. The topological polar surface area (TPSA) is 69.2 Å². The predicted molar refractivity (Wildman–Crippen MR) is 49.5 cm³/mol. The fourth-order valence-corrected chi connectivity index (χ4v) is 1.18. The fraction of sp³-hybridized carbons (Fsp3) is 0.250. The first kappa shape index (κ1) is 10.5. The molecule has 0 spiro atoms. The lowest BCUT2D eigenvalue weighted by Gasteiger charge is -2.00. The van der Waals surface area contributed by atoms with Crippen LogP contribution in [-0.4, -0.2) is 31.2 Å². The lowest BCUT2D eigenvalue weighted by atomic mass is 10.6. The molecule has 0 aliphatic carbocycles. The van der Waals surface area contributed by atoms with E-state index >= 15 is 0 Å². The third-order valence-corrected chi connectivity index (χ3v) is 2.13. The summed E-state index contributed by atoms with van der Waals surface area (Å²) in [5, 5.41) is -0.231. The molecule has 0 atom stereocenters. The Morgan fingerprint density at radius 1 is 1.50 bits per heavy atom. The molecule has 6 heteroatoms. The highest BCUT2D eigenvalue weighted by molar-refractivity contribution is 7.90. The van der Waals surface area contributed by atoms with Gasteiger partial charge < -0.3 is 4.74 Å². The summed E-state index contributed by atoms with van der Waals surface area (Å²) in [4.78, 5) is 7.22. The maximum absolute atomic E-state index is 11.0. The van der Waals surface area contributed by atoms with E-state index < -0.39 is 9.84 Å². The van der Waals surface area contributed by atoms with E-state index in [1.165, 1.54) is 12.4 Å². The molecule has 0 amide bonds. The van der Waals surface area contributed by atoms with E-state index in [4.69, 9.17) is 11.2 Å². The van der Waals surface area contributed by atoms with Gasteiger partial charge in [-0.3, -0.25) is 0 Å². The smallest absolute Gasteiger partial charge is 0.246 e. The molecule has 74 valence electrons. The number of ether oxygens (including phenoxy) is 1. The van der Waals surface area contributed by atoms with Crippen LogP contribution in [-0.2, 0) is 9.84 Å². The first-order valence-electron chi connectivity index (χ1n) is 3.62. The summed E-state index contributed by atoms with van der Waals surface area (Å²) in [6, 6.07) is 0. The highest BCUT2D eigenvalue weighted by Crippen LogP contribution is 2.08. The number of rotatable bonds is 3. The van der Waals surface area contributed by atoms with Gasteiger partial charge in [0.2, 0.25) is 15.0 Å². The van der Waals surface area contributed by atoms with Crippen molar-refractivity contribution in [3.05, 3.63) is 12.4 Å². The van der Waals surface area contributed by atoms with Crippen molar-refractivity contribution in [1.29, 1.82) is 0 Å². The fourth-order valence-electron chi connectivity index (χ4n) is 0.695. The van der Waals surface area contributed by atoms with Crippen LogP contribution in [0, 0.1) is 12.3 Å². The summed E-state index contributed by atoms with van der Waals surface area (Å²) in [6.45, 7) is 0.0988. The van der Waals surface area contributed by atoms with Crippen LogP contribution in [0.2, 0.25) is 0 Å². The van der Waals surface area contributed by atoms with Crippen LogP contribution in [0.25, 0.3) is 0 Å². The van der Waals surface area contributed by atoms with Gasteiger partial charge in [0.15, 0.2) is 5.75 Å². The van der Waals surface area contributed by atoms with Gasteiger partial charge in [-0.05, 0) is 0 Å². The van der Waals surface area contributed by atoms with Gasteiger partial charge in [-0.15, -0.1) is 6.42 Å². The minimum absolute atomic E-state index is 0.0988. The maximum Gasteiger partial charge on any atom is 0.246 e. The van der Waals surface area contributed by atoms with Crippen molar-refractivity contribution in [2.24, 2.45) is 0 Å². The zero-order valence-electron chi connectivity index (χ0n) is 7.47. The van der Waals surface area contributed by atoms with Crippen molar-refractivity contribution < 1.29 is 13.2 Å². The SMILES string of the molecule is C#CCOc1cnc(S(C)(=O)=O)nc1. The van der Waals surface area contributed by atoms with Gasteiger partial charge in [-0.25, -0.2) is 18.4 Å². The van der Waals surface area contributed by atoms with Crippen LogP contribution in [0.3, 0.4) is 0 Å². The number of terminal acetylenes is 1. The number of hydrogen-bond acceptors (Lipinski definition) is 5. The van der Waals surface area contributed by atoms with Crippen molar-refractivity contribution in [3.8, 4) is 18.1 Å². The average molecular weight is 212 g/mol. The molecule has 0 fully saturated rings. The van der Waals surface area contributed by atoms with E-state index in [0.29, 0.717) is 5.75 Å². The van der Waals surface area contributed by atoms with Crippen LogP contribution < -0.4 is 4.74 Å². The molecule has 0 bridgehead atoms. The third-order valence-electron chi connectivity index (χ3n) is 1.26. The van der Waals surface area contributed by atoms with Crippen LogP contribution in [0.5, 0.6) is 5.75 Å². The Balaban J connectivity index is 2.86. The Labute approximate surface area is 82.1 Å². The monoisotopic (exact) mass is 212 g/mol. The molecule has 0 aliphatic heterocycles. The highest BCUT2D eigenvalue weighted by atomic mass is 32.2. The molecular formula is C8H8N2O3S. The summed E-state index contributed by atoms with van der Waals surface area (Å²) in [5.41, 5.74) is 0. The van der Waals surface area contributed by atoms with E-state index in [0.717, 1.165) is 6.26 Å². The van der Waals surface area contributed by atoms with Crippen LogP contribution in [0.1, 0.15) is 0 Å². The van der Waals surface area contributed by atoms with Crippen LogP contribution in [0.4, 0.5) is 0 Å². The summed E-state index contributed by atoms with van der Waals surface area (Å²) >= 11 is 0. The molecule has 14 heavy (non-hydrogen) atoms. The number of sulfone groups is 1. The first-order valence-corrected chi connectivity index (χ1v) is 5.51. The van der Waals surface area contributed by atoms with Gasteiger partial charge in [0.25, 0.3) is 0 Å². The van der Waals surface area contributed by atoms with Gasteiger partial charge in [0.1, 0.15) is 6.61 Å². The number of nitrogens with zero attached hydrogens (tertiary/aromatic N) is 2. The second-order valence-electron chi connectivity index (χ2n) is 2.47. The lowest BCUT2D eigenvalue weighted by Crippen LogP contribution is -2.04. The minimum atomic E-state index is -3.36. The van der Waals surface area contributed by atoms with Gasteiger partial charge in [0.05, 0.1) is 12.4 Å². The Bertz CT molecular complexity index is 444. The van der Waals surface area contributed by atoms with E-state index in [2.05, 4.69) is 15.9 Å². The zero-order valence-corrected chi connectivity index (χ0v) is 8.28. The van der Waals surface area contributed by atoms with Crippen molar-refractivity contribution in [2.45, 2.75) is 5.16 Å². The summed E-state index contributed by atoms with van der Waals surface area (Å²) in [5.74, 6) is 2.61.